The normalized spacial score (nSPS) is 15.0. The fraction of sp³-hybridized carbons (Fsp3) is 0.333. The lowest BCUT2D eigenvalue weighted by atomic mass is 10.2. The Kier molecular flexibility index (Phi) is 5.47. The van der Waals surface area contributed by atoms with E-state index in [0.717, 1.165) is 50.1 Å². The smallest absolute Gasteiger partial charge is 0.272 e. The highest BCUT2D eigenvalue weighted by Crippen LogP contribution is 2.22. The van der Waals surface area contributed by atoms with E-state index in [1.807, 2.05) is 19.2 Å². The number of thioether (sulfide) groups is 1. The van der Waals surface area contributed by atoms with E-state index in [0.29, 0.717) is 16.6 Å². The molecule has 0 saturated carbocycles. The molecule has 1 aliphatic rings. The van der Waals surface area contributed by atoms with Crippen molar-refractivity contribution >= 4 is 23.5 Å². The lowest BCUT2D eigenvalue weighted by molar-refractivity contribution is 0.248. The molecule has 0 amide bonds. The van der Waals surface area contributed by atoms with Crippen molar-refractivity contribution in [2.75, 3.05) is 37.3 Å². The van der Waals surface area contributed by atoms with Crippen LogP contribution in [0.5, 0.6) is 0 Å². The van der Waals surface area contributed by atoms with Crippen molar-refractivity contribution in [1.82, 2.24) is 39.7 Å². The first kappa shape index (κ1) is 19.8. The van der Waals surface area contributed by atoms with Gasteiger partial charge in [0.05, 0.1) is 11.4 Å². The SMILES string of the molecule is CSc1nc2nnc(-c3ccnc(N4CCN(Cc5ccccc5)CC4)n3)c(C)n2n1. The molecule has 4 heterocycles. The molecular weight excluding hydrogens is 410 g/mol. The van der Waals surface area contributed by atoms with E-state index in [4.69, 9.17) is 4.98 Å². The first-order valence-corrected chi connectivity index (χ1v) is 11.4. The number of hydrogen-bond acceptors (Lipinski definition) is 9. The van der Waals surface area contributed by atoms with Crippen molar-refractivity contribution in [3.63, 3.8) is 0 Å². The van der Waals surface area contributed by atoms with Crippen molar-refractivity contribution in [3.8, 4) is 11.4 Å². The molecule has 0 bridgehead atoms. The summed E-state index contributed by atoms with van der Waals surface area (Å²) in [7, 11) is 0. The van der Waals surface area contributed by atoms with Gasteiger partial charge >= 0.3 is 0 Å². The number of hydrogen-bond donors (Lipinski definition) is 0. The standard InChI is InChI=1S/C21H23N9S/c1-15-18(25-26-20-24-21(31-2)27-30(15)20)17-8-9-22-19(23-17)29-12-10-28(11-13-29)14-16-6-4-3-5-7-16/h3-9H,10-14H2,1-2H3. The highest BCUT2D eigenvalue weighted by molar-refractivity contribution is 7.98. The number of benzene rings is 1. The van der Waals surface area contributed by atoms with Crippen LogP contribution >= 0.6 is 11.8 Å². The second kappa shape index (κ2) is 8.56. The Morgan fingerprint density at radius 1 is 0.968 bits per heavy atom. The van der Waals surface area contributed by atoms with E-state index in [2.05, 4.69) is 65.4 Å². The van der Waals surface area contributed by atoms with Gasteiger partial charge in [0.25, 0.3) is 5.78 Å². The largest absolute Gasteiger partial charge is 0.338 e. The lowest BCUT2D eigenvalue weighted by Gasteiger charge is -2.34. The summed E-state index contributed by atoms with van der Waals surface area (Å²) in [4.78, 5) is 18.4. The molecule has 0 aliphatic carbocycles. The summed E-state index contributed by atoms with van der Waals surface area (Å²) in [5.41, 5.74) is 3.63. The van der Waals surface area contributed by atoms with Crippen molar-refractivity contribution in [2.45, 2.75) is 18.6 Å². The predicted octanol–water partition coefficient (Wildman–Crippen LogP) is 2.33. The first-order chi connectivity index (χ1) is 15.2. The van der Waals surface area contributed by atoms with Gasteiger partial charge in [-0.05, 0) is 24.8 Å². The van der Waals surface area contributed by atoms with Gasteiger partial charge in [0, 0.05) is 38.9 Å². The van der Waals surface area contributed by atoms with Crippen LogP contribution in [-0.2, 0) is 6.54 Å². The third-order valence-corrected chi connectivity index (χ3v) is 5.98. The number of piperazine rings is 1. The van der Waals surface area contributed by atoms with Crippen LogP contribution in [0.25, 0.3) is 17.2 Å². The van der Waals surface area contributed by atoms with Gasteiger partial charge in [-0.25, -0.2) is 9.97 Å². The minimum Gasteiger partial charge on any atom is -0.338 e. The monoisotopic (exact) mass is 433 g/mol. The Bertz CT molecular complexity index is 1190. The summed E-state index contributed by atoms with van der Waals surface area (Å²) in [5.74, 6) is 1.22. The molecular formula is C21H23N9S. The van der Waals surface area contributed by atoms with Crippen LogP contribution < -0.4 is 4.90 Å². The summed E-state index contributed by atoms with van der Waals surface area (Å²) in [5, 5.41) is 13.7. The molecule has 10 heteroatoms. The van der Waals surface area contributed by atoms with Gasteiger partial charge in [-0.2, -0.15) is 9.50 Å². The zero-order chi connectivity index (χ0) is 21.2. The Hall–Kier alpha value is -3.11. The van der Waals surface area contributed by atoms with Crippen LogP contribution in [-0.4, -0.2) is 72.1 Å². The minimum absolute atomic E-state index is 0.495. The molecule has 4 aromatic rings. The lowest BCUT2D eigenvalue weighted by Crippen LogP contribution is -2.46. The molecule has 1 fully saturated rings. The van der Waals surface area contributed by atoms with Gasteiger partial charge in [-0.15, -0.1) is 15.3 Å². The summed E-state index contributed by atoms with van der Waals surface area (Å²) in [6.07, 6.45) is 3.72. The molecule has 0 N–H and O–H groups in total. The summed E-state index contributed by atoms with van der Waals surface area (Å²) >= 11 is 1.48. The average molecular weight is 434 g/mol. The van der Waals surface area contributed by atoms with Crippen molar-refractivity contribution in [2.24, 2.45) is 0 Å². The Labute approximate surface area is 184 Å². The number of aromatic nitrogens is 7. The Balaban J connectivity index is 1.33. The van der Waals surface area contributed by atoms with E-state index in [1.165, 1.54) is 17.3 Å². The minimum atomic E-state index is 0.495. The molecule has 0 radical (unpaired) electrons. The molecule has 1 aromatic carbocycles. The van der Waals surface area contributed by atoms with Crippen LogP contribution in [0.4, 0.5) is 5.95 Å². The number of aryl methyl sites for hydroxylation is 1. The van der Waals surface area contributed by atoms with E-state index >= 15 is 0 Å². The predicted molar refractivity (Wildman–Crippen MR) is 120 cm³/mol. The average Bonchev–Trinajstić information content (AvgIpc) is 3.25. The third kappa shape index (κ3) is 4.08. The molecule has 5 rings (SSSR count). The maximum Gasteiger partial charge on any atom is 0.272 e. The number of nitrogens with zero attached hydrogens (tertiary/aromatic N) is 9. The van der Waals surface area contributed by atoms with E-state index in [-0.39, 0.29) is 0 Å². The van der Waals surface area contributed by atoms with Crippen molar-refractivity contribution in [1.29, 1.82) is 0 Å². The third-order valence-electron chi connectivity index (χ3n) is 5.44. The van der Waals surface area contributed by atoms with Crippen LogP contribution in [0.3, 0.4) is 0 Å². The molecule has 9 nitrogen and oxygen atoms in total. The number of anilines is 1. The molecule has 1 aliphatic heterocycles. The zero-order valence-corrected chi connectivity index (χ0v) is 18.3. The van der Waals surface area contributed by atoms with Gasteiger partial charge in [-0.1, -0.05) is 42.1 Å². The van der Waals surface area contributed by atoms with Crippen LogP contribution in [0.15, 0.2) is 47.8 Å². The van der Waals surface area contributed by atoms with E-state index < -0.39 is 0 Å². The second-order valence-corrected chi connectivity index (χ2v) is 8.21. The summed E-state index contributed by atoms with van der Waals surface area (Å²) in [6, 6.07) is 12.5. The van der Waals surface area contributed by atoms with Crippen LogP contribution in [0, 0.1) is 6.92 Å². The zero-order valence-electron chi connectivity index (χ0n) is 17.5. The maximum atomic E-state index is 4.80. The molecule has 31 heavy (non-hydrogen) atoms. The molecule has 158 valence electrons. The Morgan fingerprint density at radius 3 is 2.55 bits per heavy atom. The van der Waals surface area contributed by atoms with Gasteiger partial charge in [-0.3, -0.25) is 4.90 Å². The quantitative estimate of drug-likeness (QED) is 0.440. The number of fused-ring (bicyclic) bond motifs is 1. The van der Waals surface area contributed by atoms with Gasteiger partial charge in [0.2, 0.25) is 11.1 Å². The molecule has 1 saturated heterocycles. The molecule has 0 spiro atoms. The fourth-order valence-electron chi connectivity index (χ4n) is 3.75. The molecule has 0 unspecified atom stereocenters. The van der Waals surface area contributed by atoms with Crippen molar-refractivity contribution in [3.05, 3.63) is 53.9 Å². The first-order valence-electron chi connectivity index (χ1n) is 10.2. The van der Waals surface area contributed by atoms with Crippen LogP contribution in [0.2, 0.25) is 0 Å². The summed E-state index contributed by atoms with van der Waals surface area (Å²) in [6.45, 7) is 6.66. The molecule has 0 atom stereocenters. The molecule has 3 aromatic heterocycles. The number of rotatable bonds is 5. The van der Waals surface area contributed by atoms with Crippen LogP contribution in [0.1, 0.15) is 11.3 Å². The highest BCUT2D eigenvalue weighted by Gasteiger charge is 2.20. The van der Waals surface area contributed by atoms with Gasteiger partial charge in [0.15, 0.2) is 0 Å². The van der Waals surface area contributed by atoms with Crippen molar-refractivity contribution < 1.29 is 0 Å². The fourth-order valence-corrected chi connectivity index (χ4v) is 4.08. The van der Waals surface area contributed by atoms with E-state index in [9.17, 15) is 0 Å². The Morgan fingerprint density at radius 2 is 1.77 bits per heavy atom. The topological polar surface area (TPSA) is 88.2 Å². The van der Waals surface area contributed by atoms with E-state index in [1.54, 1.807) is 10.7 Å². The maximum absolute atomic E-state index is 4.80. The second-order valence-electron chi connectivity index (χ2n) is 7.43. The van der Waals surface area contributed by atoms with Gasteiger partial charge in [0.1, 0.15) is 5.69 Å². The highest BCUT2D eigenvalue weighted by atomic mass is 32.2. The summed E-state index contributed by atoms with van der Waals surface area (Å²) < 4.78 is 1.72. The van der Waals surface area contributed by atoms with Gasteiger partial charge < -0.3 is 4.90 Å².